The van der Waals surface area contributed by atoms with Gasteiger partial charge in [0.2, 0.25) is 6.79 Å². The minimum atomic E-state index is 0.297. The average Bonchev–Trinajstić information content (AvgIpc) is 3.15. The van der Waals surface area contributed by atoms with Crippen LogP contribution < -0.4 is 14.8 Å². The topological polar surface area (TPSA) is 60.7 Å². The van der Waals surface area contributed by atoms with Gasteiger partial charge in [-0.2, -0.15) is 0 Å². The van der Waals surface area contributed by atoms with Crippen LogP contribution in [0, 0.1) is 5.92 Å². The van der Waals surface area contributed by atoms with Crippen LogP contribution in [0.5, 0.6) is 11.5 Å². The van der Waals surface area contributed by atoms with Gasteiger partial charge in [-0.25, -0.2) is 4.98 Å². The minimum Gasteiger partial charge on any atom is -0.454 e. The molecular formula is C18H20N4O2. The van der Waals surface area contributed by atoms with Gasteiger partial charge in [0.1, 0.15) is 5.82 Å². The summed E-state index contributed by atoms with van der Waals surface area (Å²) >= 11 is 0. The van der Waals surface area contributed by atoms with Gasteiger partial charge in [0.15, 0.2) is 17.1 Å². The highest BCUT2D eigenvalue weighted by molar-refractivity contribution is 5.55. The van der Waals surface area contributed by atoms with E-state index in [0.717, 1.165) is 40.6 Å². The first-order valence-corrected chi connectivity index (χ1v) is 8.14. The lowest BCUT2D eigenvalue weighted by Crippen LogP contribution is -2.06. The van der Waals surface area contributed by atoms with E-state index in [0.29, 0.717) is 19.3 Å². The fraction of sp³-hybridized carbons (Fsp3) is 0.333. The van der Waals surface area contributed by atoms with Gasteiger partial charge < -0.3 is 14.8 Å². The zero-order chi connectivity index (χ0) is 16.5. The standard InChI is InChI=1S/C18H20N4O2/c1-12(2)7-14-18(22-6-5-19-10-17(22)21-14)20-9-13-3-4-15-16(8-13)24-11-23-15/h3-6,8,10,12,20H,7,9,11H2,1-2H3. The first-order valence-electron chi connectivity index (χ1n) is 8.14. The fourth-order valence-electron chi connectivity index (χ4n) is 2.91. The quantitative estimate of drug-likeness (QED) is 0.780. The number of hydrogen-bond acceptors (Lipinski definition) is 5. The van der Waals surface area contributed by atoms with E-state index < -0.39 is 0 Å². The van der Waals surface area contributed by atoms with E-state index in [1.807, 2.05) is 24.4 Å². The fourth-order valence-corrected chi connectivity index (χ4v) is 2.91. The van der Waals surface area contributed by atoms with Gasteiger partial charge in [-0.1, -0.05) is 19.9 Å². The van der Waals surface area contributed by atoms with Crippen LogP contribution in [0.3, 0.4) is 0 Å². The van der Waals surface area contributed by atoms with E-state index in [-0.39, 0.29) is 0 Å². The molecule has 1 aromatic carbocycles. The number of nitrogens with one attached hydrogen (secondary N) is 1. The van der Waals surface area contributed by atoms with Crippen molar-refractivity contribution in [1.82, 2.24) is 14.4 Å². The van der Waals surface area contributed by atoms with Gasteiger partial charge >= 0.3 is 0 Å². The molecule has 1 N–H and O–H groups in total. The second-order valence-electron chi connectivity index (χ2n) is 6.35. The predicted molar refractivity (Wildman–Crippen MR) is 91.4 cm³/mol. The van der Waals surface area contributed by atoms with E-state index >= 15 is 0 Å². The monoisotopic (exact) mass is 324 g/mol. The Kier molecular flexibility index (Phi) is 3.72. The highest BCUT2D eigenvalue weighted by Crippen LogP contribution is 2.32. The smallest absolute Gasteiger partial charge is 0.231 e. The number of rotatable bonds is 5. The van der Waals surface area contributed by atoms with Crippen molar-refractivity contribution in [2.24, 2.45) is 5.92 Å². The number of anilines is 1. The van der Waals surface area contributed by atoms with Crippen LogP contribution in [0.1, 0.15) is 25.1 Å². The summed E-state index contributed by atoms with van der Waals surface area (Å²) in [6.45, 7) is 5.39. The number of ether oxygens (including phenoxy) is 2. The average molecular weight is 324 g/mol. The third-order valence-corrected chi connectivity index (χ3v) is 4.00. The van der Waals surface area contributed by atoms with Gasteiger partial charge in [-0.15, -0.1) is 0 Å². The van der Waals surface area contributed by atoms with Crippen molar-refractivity contribution in [2.75, 3.05) is 12.1 Å². The largest absolute Gasteiger partial charge is 0.454 e. The van der Waals surface area contributed by atoms with Crippen LogP contribution >= 0.6 is 0 Å². The van der Waals surface area contributed by atoms with Crippen molar-refractivity contribution in [2.45, 2.75) is 26.8 Å². The normalized spacial score (nSPS) is 13.0. The third-order valence-electron chi connectivity index (χ3n) is 4.00. The van der Waals surface area contributed by atoms with Gasteiger partial charge in [0.05, 0.1) is 11.9 Å². The van der Waals surface area contributed by atoms with Crippen molar-refractivity contribution in [3.8, 4) is 11.5 Å². The minimum absolute atomic E-state index is 0.297. The first-order chi connectivity index (χ1) is 11.7. The second kappa shape index (κ2) is 6.03. The zero-order valence-electron chi connectivity index (χ0n) is 13.8. The first kappa shape index (κ1) is 14.8. The van der Waals surface area contributed by atoms with Gasteiger partial charge in [0, 0.05) is 18.9 Å². The lowest BCUT2D eigenvalue weighted by Gasteiger charge is -2.10. The molecule has 0 amide bonds. The van der Waals surface area contributed by atoms with Gasteiger partial charge in [-0.3, -0.25) is 9.38 Å². The Morgan fingerprint density at radius 1 is 1.25 bits per heavy atom. The molecule has 1 aliphatic heterocycles. The maximum atomic E-state index is 5.45. The molecule has 1 aliphatic rings. The molecule has 6 heteroatoms. The predicted octanol–water partition coefficient (Wildman–Crippen LogP) is 3.27. The molecule has 0 saturated carbocycles. The summed E-state index contributed by atoms with van der Waals surface area (Å²) in [6, 6.07) is 6.02. The van der Waals surface area contributed by atoms with Crippen LogP contribution in [0.15, 0.2) is 36.8 Å². The van der Waals surface area contributed by atoms with Crippen LogP contribution in [0.25, 0.3) is 5.65 Å². The van der Waals surface area contributed by atoms with Crippen LogP contribution in [0.2, 0.25) is 0 Å². The molecule has 4 rings (SSSR count). The number of aromatic nitrogens is 3. The molecule has 24 heavy (non-hydrogen) atoms. The summed E-state index contributed by atoms with van der Waals surface area (Å²) in [6.07, 6.45) is 6.43. The maximum Gasteiger partial charge on any atom is 0.231 e. The molecule has 0 atom stereocenters. The number of nitrogens with zero attached hydrogens (tertiary/aromatic N) is 3. The molecule has 0 aliphatic carbocycles. The molecule has 3 aromatic rings. The van der Waals surface area contributed by atoms with Crippen LogP contribution in [-0.4, -0.2) is 21.2 Å². The van der Waals surface area contributed by atoms with Crippen molar-refractivity contribution in [3.05, 3.63) is 48.0 Å². The van der Waals surface area contributed by atoms with Crippen LogP contribution in [-0.2, 0) is 13.0 Å². The Hall–Kier alpha value is -2.76. The molecule has 6 nitrogen and oxygen atoms in total. The molecule has 0 spiro atoms. The molecule has 0 fully saturated rings. The maximum absolute atomic E-state index is 5.45. The Morgan fingerprint density at radius 2 is 2.12 bits per heavy atom. The van der Waals surface area contributed by atoms with Crippen molar-refractivity contribution >= 4 is 11.5 Å². The summed E-state index contributed by atoms with van der Waals surface area (Å²) in [7, 11) is 0. The van der Waals surface area contributed by atoms with E-state index in [9.17, 15) is 0 Å². The number of hydrogen-bond donors (Lipinski definition) is 1. The summed E-state index contributed by atoms with van der Waals surface area (Å²) in [5.74, 6) is 3.17. The summed E-state index contributed by atoms with van der Waals surface area (Å²) in [5, 5.41) is 3.53. The molecule has 124 valence electrons. The van der Waals surface area contributed by atoms with E-state index in [2.05, 4.69) is 28.5 Å². The summed E-state index contributed by atoms with van der Waals surface area (Å²) < 4.78 is 12.9. The lowest BCUT2D eigenvalue weighted by molar-refractivity contribution is 0.174. The Morgan fingerprint density at radius 3 is 3.00 bits per heavy atom. The lowest BCUT2D eigenvalue weighted by atomic mass is 10.1. The number of fused-ring (bicyclic) bond motifs is 2. The Balaban J connectivity index is 1.61. The van der Waals surface area contributed by atoms with E-state index in [1.165, 1.54) is 0 Å². The number of imidazole rings is 1. The van der Waals surface area contributed by atoms with Crippen LogP contribution in [0.4, 0.5) is 5.82 Å². The molecular weight excluding hydrogens is 304 g/mol. The van der Waals surface area contributed by atoms with Gasteiger partial charge in [0.25, 0.3) is 0 Å². The highest BCUT2D eigenvalue weighted by atomic mass is 16.7. The molecule has 2 aromatic heterocycles. The summed E-state index contributed by atoms with van der Waals surface area (Å²) in [5.41, 5.74) is 3.07. The van der Waals surface area contributed by atoms with E-state index in [1.54, 1.807) is 12.4 Å². The third kappa shape index (κ3) is 2.75. The highest BCUT2D eigenvalue weighted by Gasteiger charge is 2.15. The van der Waals surface area contributed by atoms with Gasteiger partial charge in [-0.05, 0) is 30.0 Å². The Labute approximate surface area is 140 Å². The molecule has 0 radical (unpaired) electrons. The molecule has 0 saturated heterocycles. The molecule has 0 bridgehead atoms. The van der Waals surface area contributed by atoms with Crippen molar-refractivity contribution < 1.29 is 9.47 Å². The molecule has 3 heterocycles. The second-order valence-corrected chi connectivity index (χ2v) is 6.35. The molecule has 0 unspecified atom stereocenters. The Bertz CT molecular complexity index is 873. The summed E-state index contributed by atoms with van der Waals surface area (Å²) in [4.78, 5) is 8.88. The van der Waals surface area contributed by atoms with Crippen molar-refractivity contribution in [1.29, 1.82) is 0 Å². The van der Waals surface area contributed by atoms with Crippen molar-refractivity contribution in [3.63, 3.8) is 0 Å². The SMILES string of the molecule is CC(C)Cc1nc2cnccn2c1NCc1ccc2c(c1)OCO2. The van der Waals surface area contributed by atoms with E-state index in [4.69, 9.17) is 14.5 Å². The number of benzene rings is 1. The zero-order valence-corrected chi connectivity index (χ0v) is 13.8.